The Balaban J connectivity index is 1.68. The maximum Gasteiger partial charge on any atom is 0.220 e. The van der Waals surface area contributed by atoms with E-state index in [0.717, 1.165) is 44.9 Å². The second-order valence-electron chi connectivity index (χ2n) is 24.3. The Kier molecular flexibility index (Phi) is 49.7. The molecule has 2 aliphatic heterocycles. The fraction of sp³-hybridized carbons (Fsp3) is 0.897. The predicted molar refractivity (Wildman–Crippen MR) is 332 cm³/mol. The van der Waals surface area contributed by atoms with Gasteiger partial charge in [-0.15, -0.1) is 0 Å². The molecule has 2 saturated heterocycles. The molecule has 2 fully saturated rings. The topological polar surface area (TPSA) is 228 Å². The van der Waals surface area contributed by atoms with E-state index in [1.165, 1.54) is 225 Å². The van der Waals surface area contributed by atoms with Crippen molar-refractivity contribution in [3.05, 3.63) is 36.5 Å². The minimum atomic E-state index is -1.79. The van der Waals surface area contributed by atoms with Crippen LogP contribution in [-0.4, -0.2) is 140 Å². The van der Waals surface area contributed by atoms with Crippen molar-refractivity contribution in [3.8, 4) is 0 Å². The minimum Gasteiger partial charge on any atom is -0.394 e. The fourth-order valence-electron chi connectivity index (χ4n) is 11.3. The maximum atomic E-state index is 13.3. The Labute approximate surface area is 500 Å². The highest BCUT2D eigenvalue weighted by atomic mass is 16.7. The summed E-state index contributed by atoms with van der Waals surface area (Å²) >= 11 is 0. The summed E-state index contributed by atoms with van der Waals surface area (Å²) in [5.41, 5.74) is 0. The summed E-state index contributed by atoms with van der Waals surface area (Å²) in [5.74, 6) is -0.235. The zero-order valence-electron chi connectivity index (χ0n) is 52.2. The first-order chi connectivity index (χ1) is 40.1. The van der Waals surface area contributed by atoms with Gasteiger partial charge in [0.15, 0.2) is 12.6 Å². The number of allylic oxidation sites excluding steroid dienone is 5. The molecular weight excluding hydrogens is 1040 g/mol. The monoisotopic (exact) mass is 1170 g/mol. The first-order valence-corrected chi connectivity index (χ1v) is 34.2. The van der Waals surface area contributed by atoms with Crippen LogP contribution in [0.4, 0.5) is 0 Å². The quantitative estimate of drug-likeness (QED) is 0.0204. The van der Waals surface area contributed by atoms with Gasteiger partial charge < -0.3 is 65.1 Å². The molecule has 12 unspecified atom stereocenters. The highest BCUT2D eigenvalue weighted by Gasteiger charge is 2.51. The number of carbonyl (C=O) groups excluding carboxylic acids is 1. The largest absolute Gasteiger partial charge is 0.394 e. The van der Waals surface area contributed by atoms with E-state index in [4.69, 9.17) is 18.9 Å². The molecule has 9 N–H and O–H groups in total. The molecule has 2 heterocycles. The molecule has 0 aliphatic carbocycles. The molecule has 14 nitrogen and oxygen atoms in total. The van der Waals surface area contributed by atoms with Crippen molar-refractivity contribution >= 4 is 5.91 Å². The van der Waals surface area contributed by atoms with Gasteiger partial charge in [0.1, 0.15) is 48.8 Å². The lowest BCUT2D eigenvalue weighted by atomic mass is 9.97. The Morgan fingerprint density at radius 3 is 1.22 bits per heavy atom. The molecule has 12 atom stereocenters. The molecule has 0 aromatic heterocycles. The van der Waals surface area contributed by atoms with Crippen LogP contribution >= 0.6 is 0 Å². The smallest absolute Gasteiger partial charge is 0.220 e. The zero-order valence-corrected chi connectivity index (χ0v) is 52.2. The van der Waals surface area contributed by atoms with Gasteiger partial charge in [-0.1, -0.05) is 275 Å². The summed E-state index contributed by atoms with van der Waals surface area (Å²) in [7, 11) is 0. The first kappa shape index (κ1) is 76.3. The van der Waals surface area contributed by atoms with Crippen molar-refractivity contribution < 1.29 is 64.6 Å². The number of hydrogen-bond acceptors (Lipinski definition) is 13. The van der Waals surface area contributed by atoms with Gasteiger partial charge in [-0.3, -0.25) is 4.79 Å². The van der Waals surface area contributed by atoms with Crippen LogP contribution in [0.1, 0.15) is 296 Å². The van der Waals surface area contributed by atoms with Crippen molar-refractivity contribution in [2.24, 2.45) is 0 Å². The number of amides is 1. The molecule has 82 heavy (non-hydrogen) atoms. The zero-order chi connectivity index (χ0) is 59.5. The third-order valence-corrected chi connectivity index (χ3v) is 16.8. The van der Waals surface area contributed by atoms with Crippen molar-refractivity contribution in [2.45, 2.75) is 370 Å². The lowest BCUT2D eigenvalue weighted by Crippen LogP contribution is -2.65. The van der Waals surface area contributed by atoms with Crippen molar-refractivity contribution in [3.63, 3.8) is 0 Å². The van der Waals surface area contributed by atoms with Gasteiger partial charge in [0.25, 0.3) is 0 Å². The lowest BCUT2D eigenvalue weighted by Gasteiger charge is -2.46. The number of carbonyl (C=O) groups is 1. The molecular formula is C68H127NO13. The third-order valence-electron chi connectivity index (χ3n) is 16.8. The van der Waals surface area contributed by atoms with Crippen molar-refractivity contribution in [2.75, 3.05) is 19.8 Å². The summed E-state index contributed by atoms with van der Waals surface area (Å²) in [5, 5.41) is 87.4. The molecule has 0 aromatic rings. The van der Waals surface area contributed by atoms with Crippen LogP contribution in [0.15, 0.2) is 36.5 Å². The highest BCUT2D eigenvalue weighted by molar-refractivity contribution is 5.76. The summed E-state index contributed by atoms with van der Waals surface area (Å²) < 4.78 is 22.8. The average molecular weight is 1170 g/mol. The molecule has 0 bridgehead atoms. The van der Waals surface area contributed by atoms with Gasteiger partial charge in [-0.2, -0.15) is 0 Å². The van der Waals surface area contributed by atoms with E-state index in [9.17, 15) is 45.6 Å². The number of unbranched alkanes of at least 4 members (excludes halogenated alkanes) is 39. The molecule has 0 aromatic carbocycles. The molecule has 0 saturated carbocycles. The maximum absolute atomic E-state index is 13.3. The number of aliphatic hydroxyl groups is 8. The Morgan fingerprint density at radius 1 is 0.439 bits per heavy atom. The summed E-state index contributed by atoms with van der Waals surface area (Å²) in [6, 6.07) is -0.914. The van der Waals surface area contributed by atoms with Gasteiger partial charge in [-0.25, -0.2) is 0 Å². The normalized spacial score (nSPS) is 24.1. The van der Waals surface area contributed by atoms with E-state index in [1.54, 1.807) is 6.08 Å². The molecule has 1 amide bonds. The highest BCUT2D eigenvalue weighted by Crippen LogP contribution is 2.30. The van der Waals surface area contributed by atoms with Gasteiger partial charge >= 0.3 is 0 Å². The molecule has 0 radical (unpaired) electrons. The molecule has 2 aliphatic rings. The molecule has 2 rings (SSSR count). The minimum absolute atomic E-state index is 0.235. The van der Waals surface area contributed by atoms with Crippen LogP contribution in [0.25, 0.3) is 0 Å². The number of aliphatic hydroxyl groups excluding tert-OH is 8. The van der Waals surface area contributed by atoms with Crippen molar-refractivity contribution in [1.29, 1.82) is 0 Å². The SMILES string of the molecule is CCCCCCC/C=C\C/C=C\CCCCCCCCCCCCCCCCCCCC(=O)NC(COC1OC(CO)C(OC2OC(CO)C(O)C(O)C2O)C(O)C1O)C(O)/C=C/CCCCCCCCCCCCCCCCCCC. The van der Waals surface area contributed by atoms with Crippen LogP contribution in [0.2, 0.25) is 0 Å². The van der Waals surface area contributed by atoms with E-state index in [0.29, 0.717) is 6.42 Å². The van der Waals surface area contributed by atoms with Gasteiger partial charge in [0.2, 0.25) is 5.91 Å². The summed E-state index contributed by atoms with van der Waals surface area (Å²) in [6.45, 7) is 2.83. The van der Waals surface area contributed by atoms with Crippen LogP contribution in [0, 0.1) is 0 Å². The van der Waals surface area contributed by atoms with E-state index < -0.39 is 86.8 Å². The van der Waals surface area contributed by atoms with Gasteiger partial charge in [0, 0.05) is 6.42 Å². The second-order valence-corrected chi connectivity index (χ2v) is 24.3. The standard InChI is InChI=1S/C68H127NO13/c1-3-5-7-9-11-13-15-17-19-21-23-24-25-26-27-28-29-30-31-32-34-36-38-40-42-44-46-48-50-52-60(73)69-56(57(72)51-49-47-45-43-41-39-37-35-33-22-20-18-16-14-12-10-8-6-4-2)55-79-67-65(78)63(76)66(59(54-71)81-67)82-68-64(77)62(75)61(74)58(53-70)80-68/h15,17,21,23,49,51,56-59,61-68,70-72,74-78H,3-14,16,18-20,22,24-48,50,52-55H2,1-2H3,(H,69,73)/b17-15-,23-21-,51-49+. The number of rotatable bonds is 56. The van der Waals surface area contributed by atoms with Crippen LogP contribution in [0.3, 0.4) is 0 Å². The Morgan fingerprint density at radius 2 is 0.805 bits per heavy atom. The fourth-order valence-corrected chi connectivity index (χ4v) is 11.3. The number of nitrogens with one attached hydrogen (secondary N) is 1. The Bertz CT molecular complexity index is 1510. The molecule has 482 valence electrons. The Hall–Kier alpha value is -1.79. The van der Waals surface area contributed by atoms with Crippen LogP contribution < -0.4 is 5.32 Å². The molecule has 14 heteroatoms. The second kappa shape index (κ2) is 53.4. The lowest BCUT2D eigenvalue weighted by molar-refractivity contribution is -0.359. The van der Waals surface area contributed by atoms with Crippen LogP contribution in [-0.2, 0) is 23.7 Å². The van der Waals surface area contributed by atoms with Gasteiger partial charge in [0.05, 0.1) is 32.0 Å². The number of ether oxygens (including phenoxy) is 4. The van der Waals surface area contributed by atoms with E-state index in [2.05, 4.69) is 43.5 Å². The van der Waals surface area contributed by atoms with Crippen LogP contribution in [0.5, 0.6) is 0 Å². The van der Waals surface area contributed by atoms with E-state index in [-0.39, 0.29) is 18.9 Å². The van der Waals surface area contributed by atoms with E-state index in [1.807, 2.05) is 6.08 Å². The van der Waals surface area contributed by atoms with Crippen molar-refractivity contribution in [1.82, 2.24) is 5.32 Å². The van der Waals surface area contributed by atoms with E-state index >= 15 is 0 Å². The first-order valence-electron chi connectivity index (χ1n) is 34.2. The average Bonchev–Trinajstić information content (AvgIpc) is 3.65. The van der Waals surface area contributed by atoms with Gasteiger partial charge in [-0.05, 0) is 51.4 Å². The predicted octanol–water partition coefficient (Wildman–Crippen LogP) is 13.3. The number of hydrogen-bond donors (Lipinski definition) is 9. The third kappa shape index (κ3) is 37.7. The summed E-state index contributed by atoms with van der Waals surface area (Å²) in [6.07, 6.45) is 50.5. The summed E-state index contributed by atoms with van der Waals surface area (Å²) in [4.78, 5) is 13.3. The molecule has 0 spiro atoms.